The van der Waals surface area contributed by atoms with Crippen LogP contribution in [0, 0.1) is 0 Å². The van der Waals surface area contributed by atoms with E-state index in [4.69, 9.17) is 0 Å². The monoisotopic (exact) mass is 326 g/mol. The summed E-state index contributed by atoms with van der Waals surface area (Å²) in [6, 6.07) is 15.5. The smallest absolute Gasteiger partial charge is 0.250 e. The number of aryl methyl sites for hydroxylation is 1. The van der Waals surface area contributed by atoms with Gasteiger partial charge in [-0.3, -0.25) is 4.79 Å². The lowest BCUT2D eigenvalue weighted by Crippen LogP contribution is -2.37. The van der Waals surface area contributed by atoms with Gasteiger partial charge in [0.15, 0.2) is 5.96 Å². The highest BCUT2D eigenvalue weighted by Gasteiger charge is 2.01. The van der Waals surface area contributed by atoms with Gasteiger partial charge in [0, 0.05) is 39.4 Å². The maximum atomic E-state index is 11.6. The molecule has 1 aromatic carbocycles. The number of hydrogen-bond acceptors (Lipinski definition) is 2. The lowest BCUT2D eigenvalue weighted by Gasteiger charge is -2.17. The van der Waals surface area contributed by atoms with Crippen molar-refractivity contribution in [3.63, 3.8) is 0 Å². The van der Waals surface area contributed by atoms with Crippen molar-refractivity contribution in [2.45, 2.75) is 25.9 Å². The molecule has 1 aromatic heterocycles. The molecule has 0 aliphatic heterocycles. The quantitative estimate of drug-likeness (QED) is 0.483. The fourth-order valence-electron chi connectivity index (χ4n) is 2.36. The summed E-state index contributed by atoms with van der Waals surface area (Å²) in [5.41, 5.74) is 1.26. The first-order valence-electron chi connectivity index (χ1n) is 8.32. The zero-order valence-corrected chi connectivity index (χ0v) is 14.5. The molecule has 128 valence electrons. The summed E-state index contributed by atoms with van der Waals surface area (Å²) in [5, 5.41) is 3.38. The molecule has 24 heavy (non-hydrogen) atoms. The predicted octanol–water partition coefficient (Wildman–Crippen LogP) is 2.34. The van der Waals surface area contributed by atoms with Crippen molar-refractivity contribution in [3.05, 3.63) is 70.6 Å². The van der Waals surface area contributed by atoms with E-state index in [0.717, 1.165) is 31.9 Å². The molecule has 2 rings (SSSR count). The zero-order chi connectivity index (χ0) is 17.2. The minimum Gasteiger partial charge on any atom is -0.356 e. The van der Waals surface area contributed by atoms with Gasteiger partial charge in [-0.2, -0.15) is 0 Å². The van der Waals surface area contributed by atoms with Gasteiger partial charge in [-0.05, 0) is 24.5 Å². The molecule has 0 aliphatic carbocycles. The van der Waals surface area contributed by atoms with Crippen molar-refractivity contribution < 1.29 is 0 Å². The summed E-state index contributed by atoms with van der Waals surface area (Å²) in [5.74, 6) is 0.885. The number of rotatable bonds is 7. The predicted molar refractivity (Wildman–Crippen MR) is 99.2 cm³/mol. The molecule has 1 N–H and O–H groups in total. The van der Waals surface area contributed by atoms with E-state index in [1.165, 1.54) is 5.56 Å². The Labute approximate surface area is 143 Å². The van der Waals surface area contributed by atoms with Gasteiger partial charge in [-0.1, -0.05) is 36.4 Å². The van der Waals surface area contributed by atoms with E-state index in [1.54, 1.807) is 16.7 Å². The van der Waals surface area contributed by atoms with Crippen LogP contribution in [0.4, 0.5) is 0 Å². The molecule has 0 aliphatic rings. The lowest BCUT2D eigenvalue weighted by molar-refractivity contribution is 0.552. The van der Waals surface area contributed by atoms with Gasteiger partial charge in [-0.15, -0.1) is 0 Å². The van der Waals surface area contributed by atoms with Crippen LogP contribution in [0.25, 0.3) is 0 Å². The molecule has 5 heteroatoms. The van der Waals surface area contributed by atoms with Gasteiger partial charge in [0.25, 0.3) is 0 Å². The molecule has 2 aromatic rings. The molecule has 0 bridgehead atoms. The molecule has 0 atom stereocenters. The van der Waals surface area contributed by atoms with Gasteiger partial charge in [0.2, 0.25) is 5.56 Å². The van der Waals surface area contributed by atoms with Crippen molar-refractivity contribution in [3.8, 4) is 0 Å². The Hall–Kier alpha value is -2.56. The van der Waals surface area contributed by atoms with E-state index in [1.807, 2.05) is 49.5 Å². The Balaban J connectivity index is 1.75. The molecular weight excluding hydrogens is 300 g/mol. The van der Waals surface area contributed by atoms with Crippen LogP contribution in [0.1, 0.15) is 18.4 Å². The largest absolute Gasteiger partial charge is 0.356 e. The summed E-state index contributed by atoms with van der Waals surface area (Å²) in [6.45, 7) is 2.26. The molecular formula is C19H26N4O. The molecule has 0 radical (unpaired) electrons. The topological polar surface area (TPSA) is 49.6 Å². The van der Waals surface area contributed by atoms with Gasteiger partial charge >= 0.3 is 0 Å². The summed E-state index contributed by atoms with van der Waals surface area (Å²) in [6.07, 6.45) is 3.78. The lowest BCUT2D eigenvalue weighted by atomic mass is 10.2. The maximum Gasteiger partial charge on any atom is 0.250 e. The minimum absolute atomic E-state index is 0.0591. The highest BCUT2D eigenvalue weighted by atomic mass is 16.1. The second kappa shape index (κ2) is 9.55. The average Bonchev–Trinajstić information content (AvgIpc) is 2.59. The molecule has 0 saturated carbocycles. The van der Waals surface area contributed by atoms with Crippen molar-refractivity contribution >= 4 is 5.96 Å². The first-order chi connectivity index (χ1) is 11.7. The molecule has 5 nitrogen and oxygen atoms in total. The second-order valence-electron chi connectivity index (χ2n) is 5.89. The van der Waals surface area contributed by atoms with Crippen molar-refractivity contribution in [1.29, 1.82) is 0 Å². The van der Waals surface area contributed by atoms with Gasteiger partial charge in [0.05, 0.1) is 6.54 Å². The van der Waals surface area contributed by atoms with E-state index >= 15 is 0 Å². The summed E-state index contributed by atoms with van der Waals surface area (Å²) in [4.78, 5) is 18.3. The Morgan fingerprint density at radius 3 is 2.54 bits per heavy atom. The number of guanidine groups is 1. The van der Waals surface area contributed by atoms with Crippen LogP contribution >= 0.6 is 0 Å². The minimum atomic E-state index is 0.0591. The number of pyridine rings is 1. The molecule has 0 unspecified atom stereocenters. The molecule has 1 heterocycles. The van der Waals surface area contributed by atoms with E-state index in [9.17, 15) is 4.79 Å². The van der Waals surface area contributed by atoms with Crippen molar-refractivity contribution in [2.75, 3.05) is 20.6 Å². The van der Waals surface area contributed by atoms with E-state index in [2.05, 4.69) is 22.4 Å². The van der Waals surface area contributed by atoms with Crippen LogP contribution in [0.15, 0.2) is 64.5 Å². The Morgan fingerprint density at radius 2 is 1.83 bits per heavy atom. The van der Waals surface area contributed by atoms with E-state index in [0.29, 0.717) is 6.54 Å². The Bertz CT molecular complexity index is 692. The molecule has 0 fully saturated rings. The number of aliphatic imine (C=N–C) groups is 1. The first kappa shape index (κ1) is 17.8. The summed E-state index contributed by atoms with van der Waals surface area (Å²) in [7, 11) is 3.97. The highest BCUT2D eigenvalue weighted by Crippen LogP contribution is 2.01. The normalized spacial score (nSPS) is 11.3. The van der Waals surface area contributed by atoms with Gasteiger partial charge < -0.3 is 14.8 Å². The first-order valence-corrected chi connectivity index (χ1v) is 8.32. The average molecular weight is 326 g/mol. The van der Waals surface area contributed by atoms with Crippen LogP contribution in [0.3, 0.4) is 0 Å². The van der Waals surface area contributed by atoms with Crippen LogP contribution in [0.5, 0.6) is 0 Å². The molecule has 0 spiro atoms. The van der Waals surface area contributed by atoms with Crippen LogP contribution in [0.2, 0.25) is 0 Å². The summed E-state index contributed by atoms with van der Waals surface area (Å²) >= 11 is 0. The second-order valence-corrected chi connectivity index (χ2v) is 5.89. The third-order valence-corrected chi connectivity index (χ3v) is 3.69. The van der Waals surface area contributed by atoms with Crippen molar-refractivity contribution in [1.82, 2.24) is 14.8 Å². The maximum absolute atomic E-state index is 11.6. The van der Waals surface area contributed by atoms with Crippen molar-refractivity contribution in [2.24, 2.45) is 4.99 Å². The van der Waals surface area contributed by atoms with Gasteiger partial charge in [-0.25, -0.2) is 4.99 Å². The Morgan fingerprint density at radius 1 is 1.08 bits per heavy atom. The van der Waals surface area contributed by atoms with Crippen LogP contribution < -0.4 is 10.9 Å². The van der Waals surface area contributed by atoms with Crippen LogP contribution in [-0.2, 0) is 13.1 Å². The van der Waals surface area contributed by atoms with Gasteiger partial charge in [0.1, 0.15) is 0 Å². The number of nitrogens with one attached hydrogen (secondary N) is 1. The standard InChI is InChI=1S/C19H26N4O/c1-22(2)19(21-16-17-10-4-3-5-11-17)20-13-7-9-15-23-14-8-6-12-18(23)24/h3-6,8,10-12,14H,7,9,13,15-16H2,1-2H3,(H,20,21). The number of aromatic nitrogens is 1. The SMILES string of the molecule is CN(C)C(=NCc1ccccc1)NCCCCn1ccccc1=O. The highest BCUT2D eigenvalue weighted by molar-refractivity contribution is 5.79. The Kier molecular flexibility index (Phi) is 7.08. The third kappa shape index (κ3) is 5.91. The summed E-state index contributed by atoms with van der Waals surface area (Å²) < 4.78 is 1.75. The molecule has 0 amide bonds. The van der Waals surface area contributed by atoms with E-state index in [-0.39, 0.29) is 5.56 Å². The van der Waals surface area contributed by atoms with E-state index < -0.39 is 0 Å². The van der Waals surface area contributed by atoms with Crippen LogP contribution in [-0.4, -0.2) is 36.1 Å². The number of hydrogen-bond donors (Lipinski definition) is 1. The fraction of sp³-hybridized carbons (Fsp3) is 0.368. The number of unbranched alkanes of at least 4 members (excludes halogenated alkanes) is 1. The molecule has 0 saturated heterocycles. The number of benzene rings is 1. The third-order valence-electron chi connectivity index (χ3n) is 3.69. The zero-order valence-electron chi connectivity index (χ0n) is 14.5. The number of nitrogens with zero attached hydrogens (tertiary/aromatic N) is 3. The fourth-order valence-corrected chi connectivity index (χ4v) is 2.36.